The van der Waals surface area contributed by atoms with Gasteiger partial charge in [0.25, 0.3) is 5.91 Å². The van der Waals surface area contributed by atoms with Crippen molar-refractivity contribution in [1.29, 1.82) is 0 Å². The summed E-state index contributed by atoms with van der Waals surface area (Å²) in [5.74, 6) is 0.440. The Bertz CT molecular complexity index is 819. The maximum Gasteiger partial charge on any atom is 0.259 e. The smallest absolute Gasteiger partial charge is 0.259 e. The molecule has 2 heterocycles. The van der Waals surface area contributed by atoms with Crippen LogP contribution in [0.1, 0.15) is 10.4 Å². The van der Waals surface area contributed by atoms with Crippen LogP contribution < -0.4 is 10.1 Å². The average molecular weight is 364 g/mol. The van der Waals surface area contributed by atoms with Crippen molar-refractivity contribution in [2.24, 2.45) is 0 Å². The normalized spacial score (nSPS) is 10.6. The number of pyridine rings is 1. The van der Waals surface area contributed by atoms with Crippen molar-refractivity contribution < 1.29 is 9.53 Å². The first-order valence-corrected chi connectivity index (χ1v) is 7.64. The zero-order chi connectivity index (χ0) is 14.8. The number of thiazole rings is 1. The maximum absolute atomic E-state index is 12.2. The second-order valence-corrected chi connectivity index (χ2v) is 6.12. The highest BCUT2D eigenvalue weighted by Gasteiger charge is 2.12. The number of hydrogen-bond acceptors (Lipinski definition) is 5. The number of rotatable bonds is 3. The van der Waals surface area contributed by atoms with Gasteiger partial charge < -0.3 is 4.74 Å². The Morgan fingerprint density at radius 3 is 3.00 bits per heavy atom. The number of aromatic nitrogens is 2. The van der Waals surface area contributed by atoms with Crippen LogP contribution in [-0.4, -0.2) is 23.0 Å². The number of para-hydroxylation sites is 1. The molecule has 0 bridgehead atoms. The third-order valence-electron chi connectivity index (χ3n) is 2.79. The van der Waals surface area contributed by atoms with Gasteiger partial charge in [-0.25, -0.2) is 4.98 Å². The summed E-state index contributed by atoms with van der Waals surface area (Å²) in [5.41, 5.74) is 1.21. The number of benzene rings is 1. The fraction of sp³-hybridized carbons (Fsp3) is 0.0714. The lowest BCUT2D eigenvalue weighted by atomic mass is 10.3. The number of anilines is 1. The van der Waals surface area contributed by atoms with Crippen LogP contribution in [0.3, 0.4) is 0 Å². The molecule has 21 heavy (non-hydrogen) atoms. The molecule has 0 aliphatic heterocycles. The third-order valence-corrected chi connectivity index (χ3v) is 4.16. The molecule has 1 amide bonds. The zero-order valence-electron chi connectivity index (χ0n) is 11.0. The first kappa shape index (κ1) is 14.0. The Balaban J connectivity index is 1.90. The van der Waals surface area contributed by atoms with Crippen LogP contribution in [0.25, 0.3) is 10.2 Å². The molecule has 0 saturated heterocycles. The van der Waals surface area contributed by atoms with Crippen molar-refractivity contribution >= 4 is 48.5 Å². The van der Waals surface area contributed by atoms with Gasteiger partial charge in [0.2, 0.25) is 0 Å². The average Bonchev–Trinajstić information content (AvgIpc) is 2.89. The summed E-state index contributed by atoms with van der Waals surface area (Å²) in [4.78, 5) is 20.5. The van der Waals surface area contributed by atoms with Crippen molar-refractivity contribution in [1.82, 2.24) is 9.97 Å². The lowest BCUT2D eigenvalue weighted by molar-refractivity contribution is 0.102. The molecule has 5 nitrogen and oxygen atoms in total. The minimum Gasteiger partial charge on any atom is -0.494 e. The van der Waals surface area contributed by atoms with Crippen LogP contribution in [0.4, 0.5) is 5.13 Å². The summed E-state index contributed by atoms with van der Waals surface area (Å²) in [6.07, 6.45) is 3.13. The third kappa shape index (κ3) is 2.88. The highest BCUT2D eigenvalue weighted by Crippen LogP contribution is 2.32. The number of nitrogens with one attached hydrogen (secondary N) is 1. The summed E-state index contributed by atoms with van der Waals surface area (Å²) in [6.45, 7) is 0. The van der Waals surface area contributed by atoms with E-state index in [0.717, 1.165) is 14.7 Å². The number of carbonyl (C=O) groups is 1. The molecule has 0 fully saturated rings. The quantitative estimate of drug-likeness (QED) is 0.770. The molecule has 7 heteroatoms. The number of nitrogens with zero attached hydrogens (tertiary/aromatic N) is 2. The van der Waals surface area contributed by atoms with Crippen molar-refractivity contribution in [3.05, 3.63) is 46.7 Å². The lowest BCUT2D eigenvalue weighted by Crippen LogP contribution is -2.11. The number of ether oxygens (including phenoxy) is 1. The minimum atomic E-state index is -0.248. The molecule has 3 rings (SSSR count). The molecule has 0 aliphatic rings. The topological polar surface area (TPSA) is 64.1 Å². The van der Waals surface area contributed by atoms with Crippen molar-refractivity contribution in [2.45, 2.75) is 0 Å². The SMILES string of the molecule is COc1cccc2sc(NC(=O)c3cncc(Br)c3)nc12. The number of amides is 1. The van der Waals surface area contributed by atoms with Gasteiger partial charge in [0.15, 0.2) is 5.13 Å². The van der Waals surface area contributed by atoms with Gasteiger partial charge in [-0.2, -0.15) is 0 Å². The highest BCUT2D eigenvalue weighted by atomic mass is 79.9. The van der Waals surface area contributed by atoms with Crippen LogP contribution in [0.5, 0.6) is 5.75 Å². The van der Waals surface area contributed by atoms with E-state index in [0.29, 0.717) is 16.4 Å². The van der Waals surface area contributed by atoms with Gasteiger partial charge in [0.1, 0.15) is 11.3 Å². The Labute approximate surface area is 133 Å². The van der Waals surface area contributed by atoms with E-state index in [4.69, 9.17) is 4.74 Å². The molecule has 0 spiro atoms. The summed E-state index contributed by atoms with van der Waals surface area (Å²) in [5, 5.41) is 3.31. The molecule has 1 aromatic carbocycles. The van der Waals surface area contributed by atoms with Gasteiger partial charge in [0.05, 0.1) is 17.4 Å². The summed E-state index contributed by atoms with van der Waals surface area (Å²) >= 11 is 4.69. The van der Waals surface area contributed by atoms with Gasteiger partial charge in [-0.05, 0) is 34.1 Å². The minimum absolute atomic E-state index is 0.248. The zero-order valence-corrected chi connectivity index (χ0v) is 13.4. The largest absolute Gasteiger partial charge is 0.494 e. The maximum atomic E-state index is 12.2. The van der Waals surface area contributed by atoms with Crippen LogP contribution in [0.2, 0.25) is 0 Å². The van der Waals surface area contributed by atoms with E-state index in [2.05, 4.69) is 31.2 Å². The van der Waals surface area contributed by atoms with E-state index in [1.54, 1.807) is 19.4 Å². The molecule has 0 radical (unpaired) electrons. The molecule has 0 saturated carbocycles. The van der Waals surface area contributed by atoms with E-state index in [1.807, 2.05) is 18.2 Å². The summed E-state index contributed by atoms with van der Waals surface area (Å²) in [6, 6.07) is 7.37. The van der Waals surface area contributed by atoms with Crippen molar-refractivity contribution in [3.63, 3.8) is 0 Å². The first-order valence-electron chi connectivity index (χ1n) is 6.03. The summed E-state index contributed by atoms with van der Waals surface area (Å²) in [7, 11) is 1.60. The lowest BCUT2D eigenvalue weighted by Gasteiger charge is -2.01. The molecule has 3 aromatic rings. The Hall–Kier alpha value is -1.99. The Morgan fingerprint density at radius 2 is 2.24 bits per heavy atom. The molecular weight excluding hydrogens is 354 g/mol. The predicted octanol–water partition coefficient (Wildman–Crippen LogP) is 3.71. The fourth-order valence-electron chi connectivity index (χ4n) is 1.85. The molecular formula is C14H10BrN3O2S. The second-order valence-electron chi connectivity index (χ2n) is 4.17. The van der Waals surface area contributed by atoms with Crippen LogP contribution >= 0.6 is 27.3 Å². The van der Waals surface area contributed by atoms with Gasteiger partial charge >= 0.3 is 0 Å². The van der Waals surface area contributed by atoms with Crippen molar-refractivity contribution in [2.75, 3.05) is 12.4 Å². The van der Waals surface area contributed by atoms with Gasteiger partial charge in [0, 0.05) is 16.9 Å². The second kappa shape index (κ2) is 5.79. The molecule has 0 atom stereocenters. The number of methoxy groups -OCH3 is 1. The summed E-state index contributed by atoms with van der Waals surface area (Å²) < 4.78 is 6.97. The molecule has 0 aliphatic carbocycles. The highest BCUT2D eigenvalue weighted by molar-refractivity contribution is 9.10. The van der Waals surface area contributed by atoms with E-state index >= 15 is 0 Å². The van der Waals surface area contributed by atoms with E-state index < -0.39 is 0 Å². The Kier molecular flexibility index (Phi) is 3.85. The number of hydrogen-bond donors (Lipinski definition) is 1. The van der Waals surface area contributed by atoms with E-state index in [1.165, 1.54) is 17.5 Å². The number of halogens is 1. The van der Waals surface area contributed by atoms with E-state index in [-0.39, 0.29) is 5.91 Å². The van der Waals surface area contributed by atoms with Crippen molar-refractivity contribution in [3.8, 4) is 5.75 Å². The standard InChI is InChI=1S/C14H10BrN3O2S/c1-20-10-3-2-4-11-12(10)17-14(21-11)18-13(19)8-5-9(15)7-16-6-8/h2-7H,1H3,(H,17,18,19). The molecule has 2 aromatic heterocycles. The molecule has 0 unspecified atom stereocenters. The Morgan fingerprint density at radius 1 is 1.38 bits per heavy atom. The molecule has 1 N–H and O–H groups in total. The number of fused-ring (bicyclic) bond motifs is 1. The number of carbonyl (C=O) groups excluding carboxylic acids is 1. The fourth-order valence-corrected chi connectivity index (χ4v) is 3.09. The van der Waals surface area contributed by atoms with Gasteiger partial charge in [-0.3, -0.25) is 15.1 Å². The molecule has 106 valence electrons. The van der Waals surface area contributed by atoms with Crippen LogP contribution in [0, 0.1) is 0 Å². The van der Waals surface area contributed by atoms with Gasteiger partial charge in [-0.15, -0.1) is 0 Å². The van der Waals surface area contributed by atoms with E-state index in [9.17, 15) is 4.79 Å². The monoisotopic (exact) mass is 363 g/mol. The van der Waals surface area contributed by atoms with Crippen LogP contribution in [0.15, 0.2) is 41.1 Å². The van der Waals surface area contributed by atoms with Crippen LogP contribution in [-0.2, 0) is 0 Å². The first-order chi connectivity index (χ1) is 10.2. The predicted molar refractivity (Wildman–Crippen MR) is 86.1 cm³/mol. The van der Waals surface area contributed by atoms with Gasteiger partial charge in [-0.1, -0.05) is 17.4 Å².